The fraction of sp³-hybridized carbons (Fsp3) is 0.375. The highest BCUT2D eigenvalue weighted by atomic mass is 79.9. The largest absolute Gasteiger partial charge is 0.466 e. The van der Waals surface area contributed by atoms with Crippen molar-refractivity contribution >= 4 is 15.9 Å². The number of hydrogen-bond acceptors (Lipinski definition) is 2. The zero-order valence-corrected chi connectivity index (χ0v) is 13.0. The molecule has 0 saturated carbocycles. The summed E-state index contributed by atoms with van der Waals surface area (Å²) in [6.07, 6.45) is 3.78. The average Bonchev–Trinajstić information content (AvgIpc) is 2.83. The molecule has 2 aromatic rings. The standard InChI is InChI=1S/C16H20BrNO/c1-3-9-18-15(16-14(17)8-10-19-16)11-13-6-4-12(2)5-7-13/h4-8,10,15,18H,3,9,11H2,1-2H3. The number of aryl methyl sites for hydroxylation is 1. The molecule has 3 heteroatoms. The lowest BCUT2D eigenvalue weighted by molar-refractivity contribution is 0.408. The number of rotatable bonds is 6. The third-order valence-corrected chi connectivity index (χ3v) is 3.82. The third kappa shape index (κ3) is 3.95. The maximum Gasteiger partial charge on any atom is 0.135 e. The van der Waals surface area contributed by atoms with Crippen LogP contribution in [0.15, 0.2) is 45.5 Å². The maximum atomic E-state index is 5.61. The van der Waals surface area contributed by atoms with Crippen molar-refractivity contribution < 1.29 is 4.42 Å². The Hall–Kier alpha value is -1.06. The molecule has 1 N–H and O–H groups in total. The predicted molar refractivity (Wildman–Crippen MR) is 82.3 cm³/mol. The molecule has 0 amide bonds. The van der Waals surface area contributed by atoms with Gasteiger partial charge < -0.3 is 9.73 Å². The van der Waals surface area contributed by atoms with Crippen molar-refractivity contribution in [3.05, 3.63) is 58.0 Å². The van der Waals surface area contributed by atoms with Crippen molar-refractivity contribution in [2.45, 2.75) is 32.7 Å². The highest BCUT2D eigenvalue weighted by Gasteiger charge is 2.17. The van der Waals surface area contributed by atoms with Gasteiger partial charge in [0.15, 0.2) is 0 Å². The number of furan rings is 1. The Morgan fingerprint density at radius 2 is 1.95 bits per heavy atom. The summed E-state index contributed by atoms with van der Waals surface area (Å²) in [6, 6.07) is 10.9. The molecule has 1 atom stereocenters. The zero-order valence-electron chi connectivity index (χ0n) is 11.4. The lowest BCUT2D eigenvalue weighted by Crippen LogP contribution is -2.24. The van der Waals surface area contributed by atoms with Crippen molar-refractivity contribution in [1.82, 2.24) is 5.32 Å². The highest BCUT2D eigenvalue weighted by Crippen LogP contribution is 2.27. The average molecular weight is 322 g/mol. The molecule has 0 saturated heterocycles. The van der Waals surface area contributed by atoms with Crippen LogP contribution in [0.5, 0.6) is 0 Å². The SMILES string of the molecule is CCCNC(Cc1ccc(C)cc1)c1occc1Br. The quantitative estimate of drug-likeness (QED) is 0.838. The molecule has 102 valence electrons. The van der Waals surface area contributed by atoms with Crippen LogP contribution in [0.4, 0.5) is 0 Å². The summed E-state index contributed by atoms with van der Waals surface area (Å²) in [4.78, 5) is 0. The first-order chi connectivity index (χ1) is 9.20. The van der Waals surface area contributed by atoms with Gasteiger partial charge in [-0.15, -0.1) is 0 Å². The van der Waals surface area contributed by atoms with E-state index in [1.165, 1.54) is 11.1 Å². The van der Waals surface area contributed by atoms with Crippen molar-refractivity contribution in [3.63, 3.8) is 0 Å². The van der Waals surface area contributed by atoms with Crippen molar-refractivity contribution in [3.8, 4) is 0 Å². The Bertz CT molecular complexity index is 504. The molecule has 0 aliphatic heterocycles. The summed E-state index contributed by atoms with van der Waals surface area (Å²) in [5, 5.41) is 3.55. The van der Waals surface area contributed by atoms with Gasteiger partial charge in [0.2, 0.25) is 0 Å². The number of nitrogens with one attached hydrogen (secondary N) is 1. The molecule has 1 unspecified atom stereocenters. The minimum atomic E-state index is 0.215. The van der Waals surface area contributed by atoms with Gasteiger partial charge in [-0.3, -0.25) is 0 Å². The molecule has 0 radical (unpaired) electrons. The van der Waals surface area contributed by atoms with Crippen molar-refractivity contribution in [1.29, 1.82) is 0 Å². The van der Waals surface area contributed by atoms with Gasteiger partial charge in [0.25, 0.3) is 0 Å². The Kier molecular flexibility index (Phi) is 5.23. The molecule has 19 heavy (non-hydrogen) atoms. The summed E-state index contributed by atoms with van der Waals surface area (Å²) < 4.78 is 6.65. The van der Waals surface area contributed by atoms with Gasteiger partial charge in [0.05, 0.1) is 16.8 Å². The molecule has 1 aromatic heterocycles. The number of halogens is 1. The normalized spacial score (nSPS) is 12.6. The minimum absolute atomic E-state index is 0.215. The topological polar surface area (TPSA) is 25.2 Å². The lowest BCUT2D eigenvalue weighted by atomic mass is 10.0. The van der Waals surface area contributed by atoms with Gasteiger partial charge in [-0.2, -0.15) is 0 Å². The predicted octanol–water partition coefficient (Wildman–Crippen LogP) is 4.63. The van der Waals surface area contributed by atoms with Crippen LogP contribution in [-0.2, 0) is 6.42 Å². The summed E-state index contributed by atoms with van der Waals surface area (Å²) in [6.45, 7) is 5.27. The van der Waals surface area contributed by atoms with Gasteiger partial charge in [0, 0.05) is 0 Å². The van der Waals surface area contributed by atoms with Crippen LogP contribution in [0.3, 0.4) is 0 Å². The Morgan fingerprint density at radius 3 is 2.53 bits per heavy atom. The first-order valence-electron chi connectivity index (χ1n) is 6.72. The summed E-state index contributed by atoms with van der Waals surface area (Å²) in [5.74, 6) is 0.981. The van der Waals surface area contributed by atoms with E-state index in [2.05, 4.69) is 59.4 Å². The Labute approximate surface area is 123 Å². The van der Waals surface area contributed by atoms with E-state index >= 15 is 0 Å². The number of benzene rings is 1. The van der Waals surface area contributed by atoms with Crippen LogP contribution < -0.4 is 5.32 Å². The van der Waals surface area contributed by atoms with E-state index in [0.29, 0.717) is 0 Å². The second-order valence-corrected chi connectivity index (χ2v) is 5.68. The van der Waals surface area contributed by atoms with Crippen LogP contribution in [-0.4, -0.2) is 6.54 Å². The van der Waals surface area contributed by atoms with Gasteiger partial charge in [-0.1, -0.05) is 36.8 Å². The second kappa shape index (κ2) is 6.92. The van der Waals surface area contributed by atoms with E-state index in [-0.39, 0.29) is 6.04 Å². The molecule has 0 bridgehead atoms. The highest BCUT2D eigenvalue weighted by molar-refractivity contribution is 9.10. The van der Waals surface area contributed by atoms with E-state index in [1.807, 2.05) is 6.07 Å². The van der Waals surface area contributed by atoms with Crippen LogP contribution in [0, 0.1) is 6.92 Å². The first kappa shape index (κ1) is 14.4. The van der Waals surface area contributed by atoms with Gasteiger partial charge in [-0.25, -0.2) is 0 Å². The van der Waals surface area contributed by atoms with E-state index in [1.54, 1.807) is 6.26 Å². The lowest BCUT2D eigenvalue weighted by Gasteiger charge is -2.17. The molecule has 0 fully saturated rings. The molecular formula is C16H20BrNO. The van der Waals surface area contributed by atoms with E-state index in [4.69, 9.17) is 4.42 Å². The Morgan fingerprint density at radius 1 is 1.21 bits per heavy atom. The second-order valence-electron chi connectivity index (χ2n) is 4.83. The summed E-state index contributed by atoms with van der Waals surface area (Å²) >= 11 is 3.55. The van der Waals surface area contributed by atoms with Crippen molar-refractivity contribution in [2.24, 2.45) is 0 Å². The Balaban J connectivity index is 2.14. The first-order valence-corrected chi connectivity index (χ1v) is 7.51. The molecule has 0 aliphatic rings. The summed E-state index contributed by atoms with van der Waals surface area (Å²) in [5.41, 5.74) is 2.61. The molecule has 2 rings (SSSR count). The van der Waals surface area contributed by atoms with E-state index in [0.717, 1.165) is 29.6 Å². The van der Waals surface area contributed by atoms with Crippen LogP contribution >= 0.6 is 15.9 Å². The molecule has 0 spiro atoms. The molecule has 1 aromatic carbocycles. The fourth-order valence-electron chi connectivity index (χ4n) is 2.09. The molecule has 1 heterocycles. The molecular weight excluding hydrogens is 302 g/mol. The minimum Gasteiger partial charge on any atom is -0.466 e. The molecule has 2 nitrogen and oxygen atoms in total. The van der Waals surface area contributed by atoms with E-state index < -0.39 is 0 Å². The summed E-state index contributed by atoms with van der Waals surface area (Å²) in [7, 11) is 0. The monoisotopic (exact) mass is 321 g/mol. The number of hydrogen-bond donors (Lipinski definition) is 1. The van der Waals surface area contributed by atoms with Gasteiger partial charge in [0.1, 0.15) is 5.76 Å². The van der Waals surface area contributed by atoms with Gasteiger partial charge >= 0.3 is 0 Å². The smallest absolute Gasteiger partial charge is 0.135 e. The molecule has 0 aliphatic carbocycles. The van der Waals surface area contributed by atoms with Crippen LogP contribution in [0.2, 0.25) is 0 Å². The fourth-order valence-corrected chi connectivity index (χ4v) is 2.57. The van der Waals surface area contributed by atoms with Crippen molar-refractivity contribution in [2.75, 3.05) is 6.54 Å². The van der Waals surface area contributed by atoms with Crippen LogP contribution in [0.1, 0.15) is 36.3 Å². The third-order valence-electron chi connectivity index (χ3n) is 3.16. The zero-order chi connectivity index (χ0) is 13.7. The van der Waals surface area contributed by atoms with Gasteiger partial charge in [-0.05, 0) is 53.9 Å². The van der Waals surface area contributed by atoms with Crippen LogP contribution in [0.25, 0.3) is 0 Å². The maximum absolute atomic E-state index is 5.61. The van der Waals surface area contributed by atoms with E-state index in [9.17, 15) is 0 Å².